The van der Waals surface area contributed by atoms with Crippen molar-refractivity contribution in [3.05, 3.63) is 52.8 Å². The maximum Gasteiger partial charge on any atom is 0.306 e. The number of carboxylic acids is 1. The molecule has 0 aliphatic carbocycles. The summed E-state index contributed by atoms with van der Waals surface area (Å²) in [5.74, 6) is -1.43. The number of amides is 1. The highest BCUT2D eigenvalue weighted by molar-refractivity contribution is 5.77. The molecule has 1 fully saturated rings. The van der Waals surface area contributed by atoms with E-state index in [2.05, 4.69) is 5.10 Å². The molecule has 0 atom stereocenters. The smallest absolute Gasteiger partial charge is 0.306 e. The highest BCUT2D eigenvalue weighted by Gasteiger charge is 2.27. The Kier molecular flexibility index (Phi) is 4.92. The van der Waals surface area contributed by atoms with Crippen LogP contribution in [0.1, 0.15) is 12.8 Å². The van der Waals surface area contributed by atoms with Crippen molar-refractivity contribution >= 4 is 11.9 Å². The average molecular weight is 341 g/mol. The first-order valence-corrected chi connectivity index (χ1v) is 8.19. The zero-order valence-corrected chi connectivity index (χ0v) is 13.7. The molecule has 7 heteroatoms. The zero-order valence-electron chi connectivity index (χ0n) is 13.7. The largest absolute Gasteiger partial charge is 0.481 e. The van der Waals surface area contributed by atoms with Crippen LogP contribution in [-0.4, -0.2) is 44.8 Å². The van der Waals surface area contributed by atoms with Crippen molar-refractivity contribution in [3.8, 4) is 11.3 Å². The minimum absolute atomic E-state index is 0.142. The molecule has 1 aromatic carbocycles. The molecule has 1 N–H and O–H groups in total. The van der Waals surface area contributed by atoms with Gasteiger partial charge in [-0.2, -0.15) is 5.10 Å². The van der Waals surface area contributed by atoms with Crippen molar-refractivity contribution in [1.82, 2.24) is 14.7 Å². The van der Waals surface area contributed by atoms with Gasteiger partial charge in [-0.15, -0.1) is 0 Å². The van der Waals surface area contributed by atoms with Crippen LogP contribution in [0.4, 0.5) is 0 Å². The van der Waals surface area contributed by atoms with Crippen LogP contribution in [0.15, 0.2) is 47.3 Å². The van der Waals surface area contributed by atoms with Crippen molar-refractivity contribution in [2.24, 2.45) is 5.92 Å². The van der Waals surface area contributed by atoms with Crippen molar-refractivity contribution in [3.63, 3.8) is 0 Å². The molecule has 0 saturated carbocycles. The topological polar surface area (TPSA) is 92.5 Å². The number of nitrogens with zero attached hydrogens (tertiary/aromatic N) is 3. The van der Waals surface area contributed by atoms with Gasteiger partial charge in [-0.25, -0.2) is 4.68 Å². The van der Waals surface area contributed by atoms with E-state index in [4.69, 9.17) is 5.11 Å². The van der Waals surface area contributed by atoms with E-state index in [-0.39, 0.29) is 18.0 Å². The van der Waals surface area contributed by atoms with Crippen LogP contribution in [0.25, 0.3) is 11.3 Å². The van der Waals surface area contributed by atoms with Crippen LogP contribution >= 0.6 is 0 Å². The molecule has 1 aliphatic rings. The maximum absolute atomic E-state index is 12.4. The number of hydrogen-bond donors (Lipinski definition) is 1. The Labute approximate surface area is 144 Å². The molecule has 25 heavy (non-hydrogen) atoms. The second-order valence-corrected chi connectivity index (χ2v) is 6.07. The van der Waals surface area contributed by atoms with Crippen molar-refractivity contribution in [2.75, 3.05) is 13.1 Å². The Bertz CT molecular complexity index is 824. The van der Waals surface area contributed by atoms with Crippen LogP contribution in [-0.2, 0) is 16.1 Å². The summed E-state index contributed by atoms with van der Waals surface area (Å²) in [6.07, 6.45) is 0.876. The summed E-state index contributed by atoms with van der Waals surface area (Å²) in [5.41, 5.74) is 1.15. The number of hydrogen-bond acceptors (Lipinski definition) is 4. The van der Waals surface area contributed by atoms with Gasteiger partial charge in [0.2, 0.25) is 5.91 Å². The standard InChI is InChI=1S/C18H19N3O4/c22-16-7-6-15(13-4-2-1-3-5-13)19-21(16)12-17(23)20-10-8-14(9-11-20)18(24)25/h1-7,14H,8-12H2,(H,24,25). The minimum atomic E-state index is -0.819. The highest BCUT2D eigenvalue weighted by atomic mass is 16.4. The number of benzene rings is 1. The molecule has 1 aromatic heterocycles. The third kappa shape index (κ3) is 3.93. The summed E-state index contributed by atoms with van der Waals surface area (Å²) >= 11 is 0. The fourth-order valence-electron chi connectivity index (χ4n) is 2.93. The lowest BCUT2D eigenvalue weighted by molar-refractivity contribution is -0.145. The lowest BCUT2D eigenvalue weighted by atomic mass is 9.97. The number of piperidine rings is 1. The Morgan fingerprint density at radius 1 is 1.08 bits per heavy atom. The van der Waals surface area contributed by atoms with Gasteiger partial charge in [0.25, 0.3) is 5.56 Å². The first-order chi connectivity index (χ1) is 12.0. The molecule has 2 heterocycles. The van der Waals surface area contributed by atoms with Gasteiger partial charge in [0.05, 0.1) is 11.6 Å². The summed E-state index contributed by atoms with van der Waals surface area (Å²) in [7, 11) is 0. The monoisotopic (exact) mass is 341 g/mol. The zero-order chi connectivity index (χ0) is 17.8. The molecule has 2 aromatic rings. The van der Waals surface area contributed by atoms with E-state index in [1.165, 1.54) is 6.07 Å². The van der Waals surface area contributed by atoms with Crippen molar-refractivity contribution < 1.29 is 14.7 Å². The predicted molar refractivity (Wildman–Crippen MR) is 90.9 cm³/mol. The maximum atomic E-state index is 12.4. The number of rotatable bonds is 4. The van der Waals surface area contributed by atoms with Gasteiger partial charge in [-0.1, -0.05) is 30.3 Å². The second-order valence-electron chi connectivity index (χ2n) is 6.07. The van der Waals surface area contributed by atoms with Crippen LogP contribution in [0.2, 0.25) is 0 Å². The molecule has 0 radical (unpaired) electrons. The Morgan fingerprint density at radius 2 is 1.76 bits per heavy atom. The van der Waals surface area contributed by atoms with Crippen LogP contribution in [0, 0.1) is 5.92 Å². The molecule has 1 amide bonds. The lowest BCUT2D eigenvalue weighted by Crippen LogP contribution is -2.43. The van der Waals surface area contributed by atoms with Gasteiger partial charge >= 0.3 is 5.97 Å². The summed E-state index contributed by atoms with van der Waals surface area (Å²) in [6.45, 7) is 0.642. The molecule has 0 unspecified atom stereocenters. The van der Waals surface area contributed by atoms with Crippen molar-refractivity contribution in [1.29, 1.82) is 0 Å². The van der Waals surface area contributed by atoms with E-state index in [1.54, 1.807) is 11.0 Å². The molecule has 7 nitrogen and oxygen atoms in total. The van der Waals surface area contributed by atoms with E-state index in [0.29, 0.717) is 31.6 Å². The van der Waals surface area contributed by atoms with Gasteiger partial charge < -0.3 is 10.0 Å². The minimum Gasteiger partial charge on any atom is -0.481 e. The molecule has 0 spiro atoms. The van der Waals surface area contributed by atoms with Crippen LogP contribution in [0.5, 0.6) is 0 Å². The summed E-state index contributed by atoms with van der Waals surface area (Å²) < 4.78 is 1.16. The molecule has 130 valence electrons. The normalized spacial score (nSPS) is 15.1. The second kappa shape index (κ2) is 7.29. The van der Waals surface area contributed by atoms with E-state index in [9.17, 15) is 14.4 Å². The fourth-order valence-corrected chi connectivity index (χ4v) is 2.93. The quantitative estimate of drug-likeness (QED) is 0.903. The van der Waals surface area contributed by atoms with Gasteiger partial charge in [0.1, 0.15) is 6.54 Å². The fraction of sp³-hybridized carbons (Fsp3) is 0.333. The predicted octanol–water partition coefficient (Wildman–Crippen LogP) is 1.23. The van der Waals surface area contributed by atoms with Crippen LogP contribution < -0.4 is 5.56 Å². The Morgan fingerprint density at radius 3 is 2.40 bits per heavy atom. The van der Waals surface area contributed by atoms with Gasteiger partial charge in [-0.05, 0) is 18.9 Å². The molecule has 1 saturated heterocycles. The van der Waals surface area contributed by atoms with Crippen molar-refractivity contribution in [2.45, 2.75) is 19.4 Å². The first-order valence-electron chi connectivity index (χ1n) is 8.19. The molecular formula is C18H19N3O4. The van der Waals surface area contributed by atoms with E-state index in [1.807, 2.05) is 30.3 Å². The number of carbonyl (C=O) groups excluding carboxylic acids is 1. The molecule has 0 bridgehead atoms. The molecular weight excluding hydrogens is 322 g/mol. The third-order valence-corrected chi connectivity index (χ3v) is 4.42. The number of carboxylic acid groups (broad SMARTS) is 1. The van der Waals surface area contributed by atoms with E-state index in [0.717, 1.165) is 10.2 Å². The summed E-state index contributed by atoms with van der Waals surface area (Å²) in [5, 5.41) is 13.3. The molecule has 1 aliphatic heterocycles. The first kappa shape index (κ1) is 16.9. The van der Waals surface area contributed by atoms with Gasteiger partial charge in [0.15, 0.2) is 0 Å². The van der Waals surface area contributed by atoms with Gasteiger partial charge in [-0.3, -0.25) is 14.4 Å². The number of likely N-dealkylation sites (tertiary alicyclic amines) is 1. The van der Waals surface area contributed by atoms with Crippen LogP contribution in [0.3, 0.4) is 0 Å². The van der Waals surface area contributed by atoms with E-state index >= 15 is 0 Å². The summed E-state index contributed by atoms with van der Waals surface area (Å²) in [4.78, 5) is 37.0. The van der Waals surface area contributed by atoms with Gasteiger partial charge in [0, 0.05) is 24.7 Å². The summed E-state index contributed by atoms with van der Waals surface area (Å²) in [6, 6.07) is 12.5. The third-order valence-electron chi connectivity index (χ3n) is 4.42. The Balaban J connectivity index is 1.71. The van der Waals surface area contributed by atoms with E-state index < -0.39 is 11.9 Å². The number of aliphatic carboxylic acids is 1. The SMILES string of the molecule is O=C(O)C1CCN(C(=O)Cn2nc(-c3ccccc3)ccc2=O)CC1. The lowest BCUT2D eigenvalue weighted by Gasteiger charge is -2.30. The molecule has 3 rings (SSSR count). The average Bonchev–Trinajstić information content (AvgIpc) is 2.64. The number of carbonyl (C=O) groups is 2. The number of aromatic nitrogens is 2. The Hall–Kier alpha value is -2.96. The highest BCUT2D eigenvalue weighted by Crippen LogP contribution is 2.18.